The van der Waals surface area contributed by atoms with Crippen molar-refractivity contribution in [3.63, 3.8) is 0 Å². The molecule has 1 amide bonds. The molecule has 0 aromatic heterocycles. The number of thioether (sulfide) groups is 1. The molecule has 0 radical (unpaired) electrons. The van der Waals surface area contributed by atoms with Crippen LogP contribution in [0.25, 0.3) is 6.08 Å². The maximum absolute atomic E-state index is 12.0. The first-order valence-corrected chi connectivity index (χ1v) is 10.7. The molecule has 29 heavy (non-hydrogen) atoms. The van der Waals surface area contributed by atoms with Crippen LogP contribution in [0.2, 0.25) is 0 Å². The quantitative estimate of drug-likeness (QED) is 0.735. The number of carbonyl (C=O) groups is 2. The van der Waals surface area contributed by atoms with E-state index in [1.165, 1.54) is 37.5 Å². The highest BCUT2D eigenvalue weighted by atomic mass is 32.2. The SMILES string of the molecule is CCN(CC)CC.O=C1N=C(N2CCOCC2)S/C1=C/c1ccccc1C(=O)O. The molecule has 1 aromatic carbocycles. The van der Waals surface area contributed by atoms with E-state index in [1.807, 2.05) is 4.90 Å². The van der Waals surface area contributed by atoms with Gasteiger partial charge in [-0.3, -0.25) is 4.79 Å². The summed E-state index contributed by atoms with van der Waals surface area (Å²) >= 11 is 1.28. The van der Waals surface area contributed by atoms with Gasteiger partial charge in [0.05, 0.1) is 23.7 Å². The first kappa shape index (κ1) is 23.1. The number of morpholine rings is 1. The molecule has 8 heteroatoms. The molecule has 7 nitrogen and oxygen atoms in total. The van der Waals surface area contributed by atoms with E-state index in [1.54, 1.807) is 24.3 Å². The maximum Gasteiger partial charge on any atom is 0.336 e. The molecular formula is C21H29N3O4S. The van der Waals surface area contributed by atoms with E-state index < -0.39 is 5.97 Å². The van der Waals surface area contributed by atoms with Crippen LogP contribution in [0, 0.1) is 0 Å². The number of aliphatic imine (C=N–C) groups is 1. The van der Waals surface area contributed by atoms with Gasteiger partial charge in [0, 0.05) is 13.1 Å². The third-order valence-corrected chi connectivity index (χ3v) is 5.75. The van der Waals surface area contributed by atoms with Gasteiger partial charge in [-0.25, -0.2) is 4.79 Å². The molecule has 2 heterocycles. The van der Waals surface area contributed by atoms with Gasteiger partial charge in [-0.15, -0.1) is 0 Å². The average Bonchev–Trinajstić information content (AvgIpc) is 3.11. The fourth-order valence-corrected chi connectivity index (χ4v) is 3.87. The summed E-state index contributed by atoms with van der Waals surface area (Å²) in [6, 6.07) is 6.59. The number of amidine groups is 1. The Morgan fingerprint density at radius 3 is 2.38 bits per heavy atom. The van der Waals surface area contributed by atoms with Crippen LogP contribution in [0.5, 0.6) is 0 Å². The number of aromatic carboxylic acids is 1. The van der Waals surface area contributed by atoms with Crippen LogP contribution in [0.4, 0.5) is 0 Å². The largest absolute Gasteiger partial charge is 0.478 e. The molecule has 1 aromatic rings. The number of ether oxygens (including phenoxy) is 1. The number of amides is 1. The summed E-state index contributed by atoms with van der Waals surface area (Å²) in [5.74, 6) is -1.34. The van der Waals surface area contributed by atoms with E-state index in [4.69, 9.17) is 4.74 Å². The molecular weight excluding hydrogens is 390 g/mol. The van der Waals surface area contributed by atoms with Crippen LogP contribution in [0.3, 0.4) is 0 Å². The smallest absolute Gasteiger partial charge is 0.336 e. The van der Waals surface area contributed by atoms with E-state index in [2.05, 4.69) is 30.7 Å². The van der Waals surface area contributed by atoms with E-state index in [9.17, 15) is 14.7 Å². The van der Waals surface area contributed by atoms with Crippen molar-refractivity contribution in [1.29, 1.82) is 0 Å². The monoisotopic (exact) mass is 419 g/mol. The molecule has 158 valence electrons. The van der Waals surface area contributed by atoms with E-state index in [-0.39, 0.29) is 11.5 Å². The van der Waals surface area contributed by atoms with Crippen molar-refractivity contribution in [3.8, 4) is 0 Å². The second-order valence-corrected chi connectivity index (χ2v) is 7.43. The Kier molecular flexibility index (Phi) is 9.37. The minimum Gasteiger partial charge on any atom is -0.478 e. The fourth-order valence-electron chi connectivity index (χ4n) is 2.92. The topological polar surface area (TPSA) is 82.4 Å². The Bertz CT molecular complexity index is 763. The standard InChI is InChI=1S/C15H14N2O4S.C6H15N/c18-13-12(9-10-3-1-2-4-11(10)14(19)20)22-15(16-13)17-5-7-21-8-6-17;1-4-7(5-2)6-3/h1-4,9H,5-8H2,(H,19,20);4-6H2,1-3H3/b12-9+;. The van der Waals surface area contributed by atoms with Crippen molar-refractivity contribution in [2.24, 2.45) is 4.99 Å². The molecule has 0 bridgehead atoms. The Labute approximate surface area is 176 Å². The highest BCUT2D eigenvalue weighted by Gasteiger charge is 2.27. The molecule has 1 saturated heterocycles. The summed E-state index contributed by atoms with van der Waals surface area (Å²) in [7, 11) is 0. The Balaban J connectivity index is 0.000000370. The number of carboxylic acids is 1. The average molecular weight is 420 g/mol. The van der Waals surface area contributed by atoms with Gasteiger partial charge < -0.3 is 19.6 Å². The molecule has 0 aliphatic carbocycles. The molecule has 1 N–H and O–H groups in total. The number of hydrogen-bond donors (Lipinski definition) is 1. The van der Waals surface area contributed by atoms with Crippen LogP contribution in [-0.2, 0) is 9.53 Å². The van der Waals surface area contributed by atoms with Gasteiger partial charge in [0.15, 0.2) is 5.17 Å². The van der Waals surface area contributed by atoms with Gasteiger partial charge in [-0.05, 0) is 49.1 Å². The number of carboxylic acid groups (broad SMARTS) is 1. The predicted molar refractivity (Wildman–Crippen MR) is 117 cm³/mol. The summed E-state index contributed by atoms with van der Waals surface area (Å²) < 4.78 is 5.28. The van der Waals surface area contributed by atoms with E-state index in [0.717, 1.165) is 0 Å². The molecule has 0 spiro atoms. The molecule has 2 aliphatic rings. The third-order valence-electron chi connectivity index (χ3n) is 4.71. The predicted octanol–water partition coefficient (Wildman–Crippen LogP) is 3.04. The fraction of sp³-hybridized carbons (Fsp3) is 0.476. The van der Waals surface area contributed by atoms with Crippen molar-refractivity contribution in [2.45, 2.75) is 20.8 Å². The molecule has 1 fully saturated rings. The lowest BCUT2D eigenvalue weighted by atomic mass is 10.1. The second-order valence-electron chi connectivity index (χ2n) is 6.42. The number of rotatable bonds is 5. The molecule has 0 atom stereocenters. The highest BCUT2D eigenvalue weighted by molar-refractivity contribution is 8.18. The number of nitrogens with zero attached hydrogens (tertiary/aromatic N) is 3. The van der Waals surface area contributed by atoms with Gasteiger partial charge in [0.1, 0.15) is 0 Å². The van der Waals surface area contributed by atoms with Gasteiger partial charge >= 0.3 is 5.97 Å². The van der Waals surface area contributed by atoms with Crippen molar-refractivity contribution in [2.75, 3.05) is 45.9 Å². The second kappa shape index (κ2) is 11.7. The van der Waals surface area contributed by atoms with Crippen LogP contribution >= 0.6 is 11.8 Å². The van der Waals surface area contributed by atoms with Gasteiger partial charge in [-0.2, -0.15) is 4.99 Å². The first-order valence-electron chi connectivity index (χ1n) is 9.90. The Hall–Kier alpha value is -2.16. The minimum atomic E-state index is -1.02. The number of benzene rings is 1. The van der Waals surface area contributed by atoms with Crippen molar-refractivity contribution in [3.05, 3.63) is 40.3 Å². The molecule has 3 rings (SSSR count). The highest BCUT2D eigenvalue weighted by Crippen LogP contribution is 2.31. The normalized spacial score (nSPS) is 17.9. The molecule has 0 saturated carbocycles. The Morgan fingerprint density at radius 1 is 1.21 bits per heavy atom. The minimum absolute atomic E-state index is 0.170. The summed E-state index contributed by atoms with van der Waals surface area (Å²) in [6.07, 6.45) is 1.59. The third kappa shape index (κ3) is 6.69. The van der Waals surface area contributed by atoms with E-state index in [0.29, 0.717) is 41.9 Å². The van der Waals surface area contributed by atoms with E-state index >= 15 is 0 Å². The molecule has 2 aliphatic heterocycles. The van der Waals surface area contributed by atoms with Crippen LogP contribution in [-0.4, -0.2) is 77.9 Å². The van der Waals surface area contributed by atoms with Gasteiger partial charge in [0.2, 0.25) is 0 Å². The van der Waals surface area contributed by atoms with Crippen molar-refractivity contribution >= 4 is 34.9 Å². The summed E-state index contributed by atoms with van der Waals surface area (Å²) in [5.41, 5.74) is 0.674. The summed E-state index contributed by atoms with van der Waals surface area (Å²) in [4.78, 5) is 32.1. The lowest BCUT2D eigenvalue weighted by molar-refractivity contribution is -0.113. The lowest BCUT2D eigenvalue weighted by Gasteiger charge is -2.27. The first-order chi connectivity index (χ1) is 14.0. The van der Waals surface area contributed by atoms with Crippen molar-refractivity contribution < 1.29 is 19.4 Å². The van der Waals surface area contributed by atoms with Crippen molar-refractivity contribution in [1.82, 2.24) is 9.80 Å². The number of carbonyl (C=O) groups excluding carboxylic acids is 1. The zero-order chi connectivity index (χ0) is 21.2. The summed E-state index contributed by atoms with van der Waals surface area (Å²) in [6.45, 7) is 12.8. The zero-order valence-corrected chi connectivity index (χ0v) is 18.1. The molecule has 0 unspecified atom stereocenters. The maximum atomic E-state index is 12.0. The van der Waals surface area contributed by atoms with Crippen LogP contribution in [0.1, 0.15) is 36.7 Å². The van der Waals surface area contributed by atoms with Crippen LogP contribution in [0.15, 0.2) is 34.2 Å². The number of hydrogen-bond acceptors (Lipinski definition) is 6. The zero-order valence-electron chi connectivity index (χ0n) is 17.3. The summed E-state index contributed by atoms with van der Waals surface area (Å²) in [5, 5.41) is 9.85. The van der Waals surface area contributed by atoms with Gasteiger partial charge in [0.25, 0.3) is 5.91 Å². The Morgan fingerprint density at radius 2 is 1.83 bits per heavy atom. The lowest BCUT2D eigenvalue weighted by Crippen LogP contribution is -2.38. The van der Waals surface area contributed by atoms with Crippen LogP contribution < -0.4 is 0 Å². The van der Waals surface area contributed by atoms with Gasteiger partial charge in [-0.1, -0.05) is 39.0 Å².